The van der Waals surface area contributed by atoms with E-state index >= 15 is 0 Å². The summed E-state index contributed by atoms with van der Waals surface area (Å²) in [6.07, 6.45) is -9.76. The quantitative estimate of drug-likeness (QED) is 0.206. The number of hydrogen-bond acceptors (Lipinski definition) is 14. The number of esters is 1. The summed E-state index contributed by atoms with van der Waals surface area (Å²) >= 11 is 0. The first-order valence-corrected chi connectivity index (χ1v) is 18.1. The number of hydrogen-bond donors (Lipinski definition) is 6. The molecule has 14 heteroatoms. The molecule has 0 saturated carbocycles. The Balaban J connectivity index is 2.17. The molecule has 6 N–H and O–H groups in total. The van der Waals surface area contributed by atoms with Gasteiger partial charge in [0.25, 0.3) is 0 Å². The van der Waals surface area contributed by atoms with Crippen LogP contribution in [-0.2, 0) is 38.0 Å². The number of likely N-dealkylation sites (N-methyl/N-ethyl adjacent to an activating group) is 1. The summed E-state index contributed by atoms with van der Waals surface area (Å²) in [6.45, 7) is 16.3. The van der Waals surface area contributed by atoms with Crippen molar-refractivity contribution in [3.05, 3.63) is 0 Å². The maximum Gasteiger partial charge on any atom is 0.311 e. The van der Waals surface area contributed by atoms with E-state index < -0.39 is 108 Å². The van der Waals surface area contributed by atoms with Gasteiger partial charge in [0.15, 0.2) is 12.6 Å². The monoisotopic (exact) mass is 719 g/mol. The second-order valence-electron chi connectivity index (χ2n) is 15.8. The van der Waals surface area contributed by atoms with E-state index in [2.05, 4.69) is 5.32 Å². The van der Waals surface area contributed by atoms with Gasteiger partial charge in [0.05, 0.1) is 47.6 Å². The molecule has 0 bridgehead atoms. The largest absolute Gasteiger partial charge is 0.459 e. The number of rotatable bonds is 7. The molecule has 3 heterocycles. The summed E-state index contributed by atoms with van der Waals surface area (Å²) in [4.78, 5) is 27.8. The van der Waals surface area contributed by atoms with Gasteiger partial charge in [0.2, 0.25) is 0 Å². The van der Waals surface area contributed by atoms with Crippen molar-refractivity contribution in [3.63, 3.8) is 0 Å². The number of cyclic esters (lactones) is 1. The van der Waals surface area contributed by atoms with E-state index in [-0.39, 0.29) is 31.4 Å². The number of nitrogens with one attached hydrogen (secondary N) is 1. The number of carbonyl (C=O) groups is 2. The molecule has 0 aromatic carbocycles. The molecule has 0 spiro atoms. The Kier molecular flexibility index (Phi) is 14.5. The third-order valence-electron chi connectivity index (χ3n) is 11.6. The number of methoxy groups -OCH3 is 1. The molecule has 14 nitrogen and oxygen atoms in total. The maximum absolute atomic E-state index is 14.0. The number of ether oxygens (including phenoxy) is 6. The zero-order valence-electron chi connectivity index (χ0n) is 32.0. The average Bonchev–Trinajstić information content (AvgIpc) is 3.05. The molecule has 3 aliphatic heterocycles. The summed E-state index contributed by atoms with van der Waals surface area (Å²) in [6, 6.07) is -0.375. The van der Waals surface area contributed by atoms with Crippen molar-refractivity contribution in [1.29, 1.82) is 0 Å². The lowest BCUT2D eigenvalue weighted by Gasteiger charge is -2.48. The number of ketones is 1. The van der Waals surface area contributed by atoms with Crippen molar-refractivity contribution >= 4 is 11.8 Å². The minimum atomic E-state index is -1.99. The first-order chi connectivity index (χ1) is 23.1. The van der Waals surface area contributed by atoms with Crippen molar-refractivity contribution in [3.8, 4) is 0 Å². The van der Waals surface area contributed by atoms with Crippen molar-refractivity contribution in [2.45, 2.75) is 179 Å². The summed E-state index contributed by atoms with van der Waals surface area (Å²) < 4.78 is 36.9. The van der Waals surface area contributed by atoms with Gasteiger partial charge >= 0.3 is 5.97 Å². The summed E-state index contributed by atoms with van der Waals surface area (Å²) in [5, 5.41) is 60.4. The van der Waals surface area contributed by atoms with Crippen LogP contribution in [-0.4, -0.2) is 136 Å². The van der Waals surface area contributed by atoms with Gasteiger partial charge in [-0.15, -0.1) is 0 Å². The molecular formula is C36H65NO13. The molecule has 0 aliphatic carbocycles. The van der Waals surface area contributed by atoms with Gasteiger partial charge < -0.3 is 59.3 Å². The highest BCUT2D eigenvalue weighted by Gasteiger charge is 2.53. The highest BCUT2D eigenvalue weighted by Crippen LogP contribution is 2.40. The molecule has 18 atom stereocenters. The Morgan fingerprint density at radius 2 is 1.52 bits per heavy atom. The average molecular weight is 720 g/mol. The van der Waals surface area contributed by atoms with Gasteiger partial charge in [-0.25, -0.2) is 0 Å². The Morgan fingerprint density at radius 3 is 2.08 bits per heavy atom. The van der Waals surface area contributed by atoms with E-state index in [1.165, 1.54) is 27.9 Å². The highest BCUT2D eigenvalue weighted by atomic mass is 16.7. The summed E-state index contributed by atoms with van der Waals surface area (Å²) in [7, 11) is 3.20. The second kappa shape index (κ2) is 16.8. The lowest BCUT2D eigenvalue weighted by Crippen LogP contribution is -2.61. The smallest absolute Gasteiger partial charge is 0.311 e. The minimum absolute atomic E-state index is 0.0929. The third-order valence-corrected chi connectivity index (χ3v) is 11.6. The van der Waals surface area contributed by atoms with E-state index in [1.54, 1.807) is 48.6 Å². The zero-order chi connectivity index (χ0) is 38.1. The van der Waals surface area contributed by atoms with Crippen molar-refractivity contribution in [1.82, 2.24) is 5.32 Å². The van der Waals surface area contributed by atoms with E-state index in [9.17, 15) is 35.1 Å². The predicted octanol–water partition coefficient (Wildman–Crippen LogP) is 1.44. The van der Waals surface area contributed by atoms with Gasteiger partial charge in [0.1, 0.15) is 29.7 Å². The van der Waals surface area contributed by atoms with Crippen LogP contribution in [0.1, 0.15) is 94.9 Å². The van der Waals surface area contributed by atoms with Gasteiger partial charge in [-0.2, -0.15) is 0 Å². The fourth-order valence-corrected chi connectivity index (χ4v) is 8.21. The van der Waals surface area contributed by atoms with Crippen LogP contribution in [0.3, 0.4) is 0 Å². The Bertz CT molecular complexity index is 1140. The molecule has 3 saturated heterocycles. The van der Waals surface area contributed by atoms with E-state index in [0.717, 1.165) is 0 Å². The van der Waals surface area contributed by atoms with Gasteiger partial charge in [0, 0.05) is 37.3 Å². The summed E-state index contributed by atoms with van der Waals surface area (Å²) in [5.74, 6) is -4.98. The molecule has 50 heavy (non-hydrogen) atoms. The molecular weight excluding hydrogens is 654 g/mol. The van der Waals surface area contributed by atoms with E-state index in [4.69, 9.17) is 28.4 Å². The normalized spacial score (nSPS) is 50.4. The van der Waals surface area contributed by atoms with Crippen LogP contribution < -0.4 is 5.32 Å². The number of carbonyl (C=O) groups excluding carboxylic acids is 2. The number of Topliss-reactive ketones (excluding diaryl/α,β-unsaturated/α-hetero) is 1. The predicted molar refractivity (Wildman–Crippen MR) is 182 cm³/mol. The Morgan fingerprint density at radius 1 is 0.900 bits per heavy atom. The first kappa shape index (κ1) is 43.1. The van der Waals surface area contributed by atoms with Crippen LogP contribution in [0.2, 0.25) is 0 Å². The van der Waals surface area contributed by atoms with Gasteiger partial charge in [-0.1, -0.05) is 27.7 Å². The van der Waals surface area contributed by atoms with E-state index in [1.807, 2.05) is 6.92 Å². The van der Waals surface area contributed by atoms with Crippen molar-refractivity contribution in [2.24, 2.45) is 23.7 Å². The van der Waals surface area contributed by atoms with Crippen LogP contribution >= 0.6 is 0 Å². The minimum Gasteiger partial charge on any atom is -0.459 e. The standard InChI is InChI=1S/C36H65NO13/c1-13-24-36(10,44)29(40)19(4)26(38)17(2)15-34(8,43)31(50-33-27(39)23(37-11)14-18(3)46-33)20(5)28(21(6)32(42)48-24)49-25-16-35(9,45-12)30(41)22(7)47-25/h17-25,27-31,33,37,39-41,43-44H,13-16H2,1-12H3/t17-,18-,19?,20+,21-,22+,23+,24?,25+,27-,28?,29-,30+,31-,33+,34-,35-,36-/m0/s1. The topological polar surface area (TPSA) is 203 Å². The maximum atomic E-state index is 14.0. The van der Waals surface area contributed by atoms with Crippen LogP contribution in [0.5, 0.6) is 0 Å². The van der Waals surface area contributed by atoms with Crippen LogP contribution in [0.4, 0.5) is 0 Å². The van der Waals surface area contributed by atoms with Crippen LogP contribution in [0.15, 0.2) is 0 Å². The summed E-state index contributed by atoms with van der Waals surface area (Å²) in [5.41, 5.74) is -4.84. The molecule has 0 aromatic rings. The molecule has 3 rings (SSSR count). The highest BCUT2D eigenvalue weighted by molar-refractivity contribution is 5.83. The van der Waals surface area contributed by atoms with Crippen LogP contribution in [0.25, 0.3) is 0 Å². The zero-order valence-corrected chi connectivity index (χ0v) is 32.0. The molecule has 0 aromatic heterocycles. The van der Waals surface area contributed by atoms with E-state index in [0.29, 0.717) is 6.42 Å². The Hall–Kier alpha value is -1.30. The second-order valence-corrected chi connectivity index (χ2v) is 15.8. The van der Waals surface area contributed by atoms with Crippen molar-refractivity contribution in [2.75, 3.05) is 14.2 Å². The fourth-order valence-electron chi connectivity index (χ4n) is 8.21. The Labute approximate surface area is 297 Å². The third kappa shape index (κ3) is 9.07. The molecule has 3 unspecified atom stereocenters. The lowest BCUT2D eigenvalue weighted by atomic mass is 9.74. The van der Waals surface area contributed by atoms with Crippen LogP contribution in [0, 0.1) is 23.7 Å². The number of aliphatic hydroxyl groups excluding tert-OH is 3. The lowest BCUT2D eigenvalue weighted by molar-refractivity contribution is -0.316. The van der Waals surface area contributed by atoms with Gasteiger partial charge in [-0.3, -0.25) is 9.59 Å². The first-order valence-electron chi connectivity index (χ1n) is 18.1. The SMILES string of the molecule is CCC1OC(=O)[C@@H](C)C(O[C@@H]2C[C@](C)(OC)[C@H](O)[C@@H](C)O2)[C@@H](C)[C@H](O[C@H]2O[C@@H](C)C[C@@H](NC)[C@@H]2O)[C@@](C)(O)C[C@H](C)C(=O)C(C)[C@H](O)[C@@]1(C)O. The molecule has 3 fully saturated rings. The fraction of sp³-hybridized carbons (Fsp3) is 0.944. The van der Waals surface area contributed by atoms with Gasteiger partial charge in [-0.05, 0) is 67.9 Å². The molecule has 3 aliphatic rings. The number of aliphatic hydroxyl groups is 5. The molecule has 0 radical (unpaired) electrons. The van der Waals surface area contributed by atoms with Crippen molar-refractivity contribution < 1.29 is 63.5 Å². The molecule has 292 valence electrons. The molecule has 0 amide bonds.